The summed E-state index contributed by atoms with van der Waals surface area (Å²) in [5.41, 5.74) is 0.421. The highest BCUT2D eigenvalue weighted by Gasteiger charge is 2.06. The van der Waals surface area contributed by atoms with Gasteiger partial charge in [-0.15, -0.1) is 5.10 Å². The minimum atomic E-state index is -0.164. The van der Waals surface area contributed by atoms with Crippen molar-refractivity contribution in [3.05, 3.63) is 36.3 Å². The lowest BCUT2D eigenvalue weighted by Gasteiger charge is -2.07. The Morgan fingerprint density at radius 1 is 1.40 bits per heavy atom. The molecule has 20 heavy (non-hydrogen) atoms. The molecule has 0 unspecified atom stereocenters. The molecule has 2 heterocycles. The van der Waals surface area contributed by atoms with E-state index in [0.29, 0.717) is 18.1 Å². The Morgan fingerprint density at radius 2 is 2.30 bits per heavy atom. The SMILES string of the molecule is CCNc1cccc(C(=O)NCCCn2ccnn2)n1. The molecule has 7 heteroatoms. The highest BCUT2D eigenvalue weighted by atomic mass is 16.1. The van der Waals surface area contributed by atoms with Crippen molar-refractivity contribution >= 4 is 11.7 Å². The molecule has 2 N–H and O–H groups in total. The number of nitrogens with one attached hydrogen (secondary N) is 2. The highest BCUT2D eigenvalue weighted by molar-refractivity contribution is 5.92. The van der Waals surface area contributed by atoms with Crippen molar-refractivity contribution in [2.24, 2.45) is 0 Å². The molecule has 1 amide bonds. The molecule has 0 aromatic carbocycles. The molecule has 0 saturated heterocycles. The van der Waals surface area contributed by atoms with Crippen molar-refractivity contribution in [1.29, 1.82) is 0 Å². The van der Waals surface area contributed by atoms with Gasteiger partial charge in [-0.1, -0.05) is 11.3 Å². The fourth-order valence-electron chi connectivity index (χ4n) is 1.73. The normalized spacial score (nSPS) is 10.2. The van der Waals surface area contributed by atoms with E-state index < -0.39 is 0 Å². The first kappa shape index (κ1) is 14.0. The summed E-state index contributed by atoms with van der Waals surface area (Å²) in [6.45, 7) is 4.06. The third-order valence-electron chi connectivity index (χ3n) is 2.66. The van der Waals surface area contributed by atoms with E-state index in [2.05, 4.69) is 25.9 Å². The average molecular weight is 274 g/mol. The Labute approximate surface area is 117 Å². The van der Waals surface area contributed by atoms with Crippen molar-refractivity contribution in [1.82, 2.24) is 25.3 Å². The van der Waals surface area contributed by atoms with Crippen molar-refractivity contribution in [2.75, 3.05) is 18.4 Å². The molecule has 0 atom stereocenters. The molecule has 2 aromatic rings. The maximum absolute atomic E-state index is 11.9. The first-order valence-electron chi connectivity index (χ1n) is 6.63. The third-order valence-corrected chi connectivity index (χ3v) is 2.66. The number of carbonyl (C=O) groups excluding carboxylic acids is 1. The fraction of sp³-hybridized carbons (Fsp3) is 0.385. The van der Waals surface area contributed by atoms with Crippen LogP contribution in [0, 0.1) is 0 Å². The third kappa shape index (κ3) is 4.04. The average Bonchev–Trinajstić information content (AvgIpc) is 2.97. The molecule has 7 nitrogen and oxygen atoms in total. The summed E-state index contributed by atoms with van der Waals surface area (Å²) in [6, 6.07) is 5.36. The van der Waals surface area contributed by atoms with Crippen LogP contribution in [0.25, 0.3) is 0 Å². The van der Waals surface area contributed by atoms with Crippen molar-refractivity contribution < 1.29 is 4.79 Å². The summed E-state index contributed by atoms with van der Waals surface area (Å²) >= 11 is 0. The summed E-state index contributed by atoms with van der Waals surface area (Å²) in [4.78, 5) is 16.2. The zero-order valence-corrected chi connectivity index (χ0v) is 11.4. The Morgan fingerprint density at radius 3 is 3.05 bits per heavy atom. The quantitative estimate of drug-likeness (QED) is 0.734. The van der Waals surface area contributed by atoms with Gasteiger partial charge in [-0.25, -0.2) is 4.98 Å². The molecule has 0 spiro atoms. The number of pyridine rings is 1. The van der Waals surface area contributed by atoms with Crippen molar-refractivity contribution in [2.45, 2.75) is 19.9 Å². The molecule has 0 aliphatic heterocycles. The smallest absolute Gasteiger partial charge is 0.269 e. The number of amides is 1. The Bertz CT molecular complexity index is 540. The van der Waals surface area contributed by atoms with Gasteiger partial charge in [-0.05, 0) is 25.5 Å². The van der Waals surface area contributed by atoms with Crippen LogP contribution in [0.15, 0.2) is 30.6 Å². The molecule has 0 fully saturated rings. The summed E-state index contributed by atoms with van der Waals surface area (Å²) in [7, 11) is 0. The Kier molecular flexibility index (Phi) is 5.05. The predicted molar refractivity (Wildman–Crippen MR) is 75.4 cm³/mol. The van der Waals surface area contributed by atoms with Crippen LogP contribution in [0.2, 0.25) is 0 Å². The van der Waals surface area contributed by atoms with Crippen LogP contribution in [0.4, 0.5) is 5.82 Å². The second kappa shape index (κ2) is 7.22. The summed E-state index contributed by atoms with van der Waals surface area (Å²) < 4.78 is 1.73. The molecule has 0 aliphatic carbocycles. The number of carbonyl (C=O) groups is 1. The van der Waals surface area contributed by atoms with E-state index in [1.807, 2.05) is 19.1 Å². The first-order chi connectivity index (χ1) is 9.79. The van der Waals surface area contributed by atoms with Crippen LogP contribution in [0.3, 0.4) is 0 Å². The molecule has 2 rings (SSSR count). The lowest BCUT2D eigenvalue weighted by Crippen LogP contribution is -2.26. The van der Waals surface area contributed by atoms with Gasteiger partial charge in [0.05, 0.1) is 6.20 Å². The summed E-state index contributed by atoms with van der Waals surface area (Å²) in [5, 5.41) is 13.5. The number of aryl methyl sites for hydroxylation is 1. The molecule has 0 saturated carbocycles. The lowest BCUT2D eigenvalue weighted by molar-refractivity contribution is 0.0947. The van der Waals surface area contributed by atoms with Gasteiger partial charge < -0.3 is 10.6 Å². The van der Waals surface area contributed by atoms with Crippen LogP contribution in [0.1, 0.15) is 23.8 Å². The molecule has 0 radical (unpaired) electrons. The minimum Gasteiger partial charge on any atom is -0.370 e. The van der Waals surface area contributed by atoms with Gasteiger partial charge in [0.15, 0.2) is 0 Å². The lowest BCUT2D eigenvalue weighted by atomic mass is 10.3. The van der Waals surface area contributed by atoms with Gasteiger partial charge in [0.1, 0.15) is 11.5 Å². The van der Waals surface area contributed by atoms with Crippen LogP contribution in [0.5, 0.6) is 0 Å². The Balaban J connectivity index is 1.78. The number of aromatic nitrogens is 4. The largest absolute Gasteiger partial charge is 0.370 e. The second-order valence-corrected chi connectivity index (χ2v) is 4.21. The number of hydrogen-bond acceptors (Lipinski definition) is 5. The molecule has 106 valence electrons. The van der Waals surface area contributed by atoms with Crippen LogP contribution >= 0.6 is 0 Å². The molecular formula is C13H18N6O. The van der Waals surface area contributed by atoms with Gasteiger partial charge in [-0.2, -0.15) is 0 Å². The molecule has 2 aromatic heterocycles. The van der Waals surface area contributed by atoms with Crippen molar-refractivity contribution in [3.8, 4) is 0 Å². The zero-order chi connectivity index (χ0) is 14.2. The molecule has 0 aliphatic rings. The standard InChI is InChI=1S/C13H18N6O/c1-2-14-12-6-3-5-11(17-12)13(20)15-7-4-9-19-10-8-16-18-19/h3,5-6,8,10H,2,4,7,9H2,1H3,(H,14,17)(H,15,20). The van der Waals surface area contributed by atoms with Crippen LogP contribution in [-0.4, -0.2) is 39.0 Å². The van der Waals surface area contributed by atoms with Gasteiger partial charge in [0.2, 0.25) is 0 Å². The number of hydrogen-bond donors (Lipinski definition) is 2. The minimum absolute atomic E-state index is 0.164. The van der Waals surface area contributed by atoms with Gasteiger partial charge >= 0.3 is 0 Å². The van der Waals surface area contributed by atoms with E-state index in [1.54, 1.807) is 23.1 Å². The Hall–Kier alpha value is -2.44. The van der Waals surface area contributed by atoms with Gasteiger partial charge in [0.25, 0.3) is 5.91 Å². The number of anilines is 1. The maximum Gasteiger partial charge on any atom is 0.269 e. The number of rotatable bonds is 7. The van der Waals surface area contributed by atoms with E-state index in [4.69, 9.17) is 0 Å². The predicted octanol–water partition coefficient (Wildman–Crippen LogP) is 0.925. The van der Waals surface area contributed by atoms with Crippen molar-refractivity contribution in [3.63, 3.8) is 0 Å². The van der Waals surface area contributed by atoms with Gasteiger partial charge in [0, 0.05) is 25.8 Å². The van der Waals surface area contributed by atoms with Gasteiger partial charge in [-0.3, -0.25) is 9.48 Å². The summed E-state index contributed by atoms with van der Waals surface area (Å²) in [6.07, 6.45) is 4.22. The van der Waals surface area contributed by atoms with E-state index in [0.717, 1.165) is 19.5 Å². The monoisotopic (exact) mass is 274 g/mol. The zero-order valence-electron chi connectivity index (χ0n) is 11.4. The van der Waals surface area contributed by atoms with E-state index in [1.165, 1.54) is 0 Å². The second-order valence-electron chi connectivity index (χ2n) is 4.21. The van der Waals surface area contributed by atoms with E-state index in [-0.39, 0.29) is 5.91 Å². The van der Waals surface area contributed by atoms with Crippen LogP contribution in [-0.2, 0) is 6.54 Å². The summed E-state index contributed by atoms with van der Waals surface area (Å²) in [5.74, 6) is 0.547. The number of nitrogens with zero attached hydrogens (tertiary/aromatic N) is 4. The van der Waals surface area contributed by atoms with Crippen LogP contribution < -0.4 is 10.6 Å². The molecular weight excluding hydrogens is 256 g/mol. The highest BCUT2D eigenvalue weighted by Crippen LogP contribution is 2.04. The maximum atomic E-state index is 11.9. The van der Waals surface area contributed by atoms with E-state index in [9.17, 15) is 4.79 Å². The fourth-order valence-corrected chi connectivity index (χ4v) is 1.73. The first-order valence-corrected chi connectivity index (χ1v) is 6.63. The molecule has 0 bridgehead atoms. The van der Waals surface area contributed by atoms with E-state index >= 15 is 0 Å². The topological polar surface area (TPSA) is 84.7 Å².